The smallest absolute Gasteiger partial charge is 0.260 e. The van der Waals surface area contributed by atoms with Gasteiger partial charge >= 0.3 is 0 Å². The quantitative estimate of drug-likeness (QED) is 0.237. The van der Waals surface area contributed by atoms with Crippen molar-refractivity contribution < 1.29 is 23.4 Å². The van der Waals surface area contributed by atoms with Crippen LogP contribution in [0.3, 0.4) is 0 Å². The number of fused-ring (bicyclic) bond motifs is 1. The molecular weight excluding hydrogens is 464 g/mol. The number of aromatic nitrogens is 1. The van der Waals surface area contributed by atoms with Gasteiger partial charge in [0, 0.05) is 5.56 Å². The number of aryl methyl sites for hydroxylation is 1. The maximum Gasteiger partial charge on any atom is 0.260 e. The first-order chi connectivity index (χ1) is 17.1. The number of hydrogen-bond donors (Lipinski definition) is 0. The Hall–Kier alpha value is -3.52. The van der Waals surface area contributed by atoms with Crippen LogP contribution in [0.15, 0.2) is 53.1 Å². The highest BCUT2D eigenvalue weighted by Crippen LogP contribution is 2.40. The molecule has 0 aliphatic rings. The maximum atomic E-state index is 14.0. The molecule has 8 heteroatoms. The Morgan fingerprint density at radius 3 is 2.29 bits per heavy atom. The van der Waals surface area contributed by atoms with Crippen molar-refractivity contribution in [3.8, 4) is 17.2 Å². The van der Waals surface area contributed by atoms with Crippen LogP contribution in [-0.2, 0) is 13.0 Å². The van der Waals surface area contributed by atoms with E-state index in [0.717, 1.165) is 16.6 Å². The molecule has 0 N–H and O–H groups in total. The first-order valence-electron chi connectivity index (χ1n) is 11.9. The van der Waals surface area contributed by atoms with Gasteiger partial charge in [-0.2, -0.15) is 0 Å². The van der Waals surface area contributed by atoms with Gasteiger partial charge in [-0.05, 0) is 69.2 Å². The molecule has 0 saturated carbocycles. The van der Waals surface area contributed by atoms with E-state index < -0.39 is 0 Å². The van der Waals surface area contributed by atoms with Crippen molar-refractivity contribution >= 4 is 32.6 Å². The van der Waals surface area contributed by atoms with E-state index in [1.165, 1.54) is 16.9 Å². The van der Waals surface area contributed by atoms with Gasteiger partial charge in [-0.3, -0.25) is 9.69 Å². The van der Waals surface area contributed by atoms with Crippen molar-refractivity contribution in [2.24, 2.45) is 0 Å². The molecule has 2 heterocycles. The molecule has 0 unspecified atom stereocenters. The molecule has 0 fully saturated rings. The van der Waals surface area contributed by atoms with E-state index >= 15 is 0 Å². The summed E-state index contributed by atoms with van der Waals surface area (Å²) in [4.78, 5) is 20.4. The molecule has 184 valence electrons. The van der Waals surface area contributed by atoms with Crippen LogP contribution in [0.2, 0.25) is 0 Å². The molecule has 4 rings (SSSR count). The van der Waals surface area contributed by atoms with Crippen molar-refractivity contribution in [1.82, 2.24) is 4.98 Å². The Labute approximate surface area is 209 Å². The van der Waals surface area contributed by atoms with Crippen LogP contribution in [0.25, 0.3) is 10.2 Å². The zero-order valence-corrected chi connectivity index (χ0v) is 21.3. The zero-order chi connectivity index (χ0) is 24.8. The summed E-state index contributed by atoms with van der Waals surface area (Å²) in [5.74, 6) is 1.86. The number of furan rings is 1. The van der Waals surface area contributed by atoms with Crippen molar-refractivity contribution in [1.29, 1.82) is 0 Å². The number of carbonyl (C=O) groups excluding carboxylic acids is 1. The second-order valence-electron chi connectivity index (χ2n) is 7.72. The van der Waals surface area contributed by atoms with Gasteiger partial charge < -0.3 is 18.6 Å². The summed E-state index contributed by atoms with van der Waals surface area (Å²) < 4.78 is 24.1. The third kappa shape index (κ3) is 5.43. The lowest BCUT2D eigenvalue weighted by Crippen LogP contribution is -2.30. The van der Waals surface area contributed by atoms with Crippen molar-refractivity contribution in [3.63, 3.8) is 0 Å². The molecule has 0 atom stereocenters. The van der Waals surface area contributed by atoms with E-state index in [1.54, 1.807) is 29.4 Å². The summed E-state index contributed by atoms with van der Waals surface area (Å²) in [5.41, 5.74) is 2.50. The van der Waals surface area contributed by atoms with Crippen LogP contribution in [0, 0.1) is 0 Å². The molecule has 0 bridgehead atoms. The minimum atomic E-state index is -0.235. The van der Waals surface area contributed by atoms with Crippen molar-refractivity contribution in [3.05, 3.63) is 65.6 Å². The number of anilines is 1. The monoisotopic (exact) mass is 494 g/mol. The van der Waals surface area contributed by atoms with Crippen LogP contribution >= 0.6 is 11.3 Å². The Bertz CT molecular complexity index is 1260. The first-order valence-corrected chi connectivity index (χ1v) is 12.7. The number of rotatable bonds is 11. The highest BCUT2D eigenvalue weighted by atomic mass is 32.1. The Morgan fingerprint density at radius 2 is 1.69 bits per heavy atom. The number of benzene rings is 2. The topological polar surface area (TPSA) is 74.0 Å². The summed E-state index contributed by atoms with van der Waals surface area (Å²) in [6, 6.07) is 13.3. The van der Waals surface area contributed by atoms with Gasteiger partial charge in [0.15, 0.2) is 16.6 Å². The molecule has 2 aromatic heterocycles. The Balaban J connectivity index is 1.79. The summed E-state index contributed by atoms with van der Waals surface area (Å²) in [7, 11) is 0. The van der Waals surface area contributed by atoms with E-state index in [1.807, 2.05) is 32.9 Å². The van der Waals surface area contributed by atoms with E-state index in [-0.39, 0.29) is 12.5 Å². The number of thiazole rings is 1. The summed E-state index contributed by atoms with van der Waals surface area (Å²) in [5, 5.41) is 0.597. The van der Waals surface area contributed by atoms with Crippen molar-refractivity contribution in [2.45, 2.75) is 40.7 Å². The molecule has 0 aliphatic heterocycles. The molecule has 4 aromatic rings. The molecule has 7 nitrogen and oxygen atoms in total. The SMILES string of the molecule is CCOc1cc(C(=O)N(Cc2ccco2)c2nc3ccc(CC)cc3s2)cc(OCC)c1OCC. The van der Waals surface area contributed by atoms with E-state index in [9.17, 15) is 4.79 Å². The molecule has 0 saturated heterocycles. The standard InChI is InChI=1S/C27H30N2O5S/c1-5-18-11-12-21-24(14-18)35-27(28-21)29(17-20-10-9-13-34-20)26(30)19-15-22(31-6-2)25(33-8-4)23(16-19)32-7-3/h9-16H,5-8,17H2,1-4H3. The average molecular weight is 495 g/mol. The third-order valence-corrected chi connectivity index (χ3v) is 6.42. The summed E-state index contributed by atoms with van der Waals surface area (Å²) in [6.45, 7) is 9.34. The largest absolute Gasteiger partial charge is 0.490 e. The number of hydrogen-bond acceptors (Lipinski definition) is 7. The number of ether oxygens (including phenoxy) is 3. The predicted molar refractivity (Wildman–Crippen MR) is 138 cm³/mol. The molecule has 0 spiro atoms. The lowest BCUT2D eigenvalue weighted by Gasteiger charge is -2.21. The normalized spacial score (nSPS) is 11.0. The van der Waals surface area contributed by atoms with Crippen LogP contribution in [0.4, 0.5) is 5.13 Å². The van der Waals surface area contributed by atoms with Gasteiger partial charge in [0.2, 0.25) is 5.75 Å². The Morgan fingerprint density at radius 1 is 0.971 bits per heavy atom. The predicted octanol–water partition coefficient (Wildman–Crippen LogP) is 6.49. The van der Waals surface area contributed by atoms with E-state index in [4.69, 9.17) is 23.6 Å². The minimum Gasteiger partial charge on any atom is -0.490 e. The maximum absolute atomic E-state index is 14.0. The zero-order valence-electron chi connectivity index (χ0n) is 20.5. The molecular formula is C27H30N2O5S. The number of nitrogens with zero attached hydrogens (tertiary/aromatic N) is 2. The fourth-order valence-electron chi connectivity index (χ4n) is 3.74. The van der Waals surface area contributed by atoms with Gasteiger partial charge in [-0.1, -0.05) is 24.3 Å². The highest BCUT2D eigenvalue weighted by molar-refractivity contribution is 7.22. The highest BCUT2D eigenvalue weighted by Gasteiger charge is 2.26. The molecule has 0 radical (unpaired) electrons. The van der Waals surface area contributed by atoms with Gasteiger partial charge in [0.1, 0.15) is 5.76 Å². The number of carbonyl (C=O) groups is 1. The lowest BCUT2D eigenvalue weighted by atomic mass is 10.1. The Kier molecular flexibility index (Phi) is 7.92. The molecule has 35 heavy (non-hydrogen) atoms. The van der Waals surface area contributed by atoms with Crippen molar-refractivity contribution in [2.75, 3.05) is 24.7 Å². The van der Waals surface area contributed by atoms with E-state index in [0.29, 0.717) is 53.5 Å². The second-order valence-corrected chi connectivity index (χ2v) is 8.73. The second kappa shape index (κ2) is 11.3. The van der Waals surface area contributed by atoms with Crippen LogP contribution in [0.5, 0.6) is 17.2 Å². The lowest BCUT2D eigenvalue weighted by molar-refractivity contribution is 0.0982. The summed E-state index contributed by atoms with van der Waals surface area (Å²) in [6.07, 6.45) is 2.53. The van der Waals surface area contributed by atoms with Gasteiger partial charge in [-0.15, -0.1) is 0 Å². The van der Waals surface area contributed by atoms with Gasteiger partial charge in [0.25, 0.3) is 5.91 Å². The van der Waals surface area contributed by atoms with Crippen LogP contribution < -0.4 is 19.1 Å². The van der Waals surface area contributed by atoms with Crippen LogP contribution in [0.1, 0.15) is 49.4 Å². The minimum absolute atomic E-state index is 0.235. The number of amides is 1. The average Bonchev–Trinajstić information content (AvgIpc) is 3.53. The fraction of sp³-hybridized carbons (Fsp3) is 0.333. The fourth-order valence-corrected chi connectivity index (χ4v) is 4.77. The third-order valence-electron chi connectivity index (χ3n) is 5.38. The summed E-state index contributed by atoms with van der Waals surface area (Å²) >= 11 is 1.49. The van der Waals surface area contributed by atoms with Gasteiger partial charge in [0.05, 0.1) is 42.8 Å². The van der Waals surface area contributed by atoms with E-state index in [2.05, 4.69) is 19.1 Å². The van der Waals surface area contributed by atoms with Crippen LogP contribution in [-0.4, -0.2) is 30.7 Å². The molecule has 1 amide bonds. The molecule has 2 aromatic carbocycles. The molecule has 0 aliphatic carbocycles. The van der Waals surface area contributed by atoms with Gasteiger partial charge in [-0.25, -0.2) is 4.98 Å². The first kappa shape index (κ1) is 24.6.